The van der Waals surface area contributed by atoms with Crippen molar-refractivity contribution >= 4 is 34.2 Å². The number of aromatic nitrogens is 3. The first-order valence-electron chi connectivity index (χ1n) is 8.53. The first-order valence-corrected chi connectivity index (χ1v) is 9.31. The Morgan fingerprint density at radius 1 is 1.07 bits per heavy atom. The Kier molecular flexibility index (Phi) is 4.98. The average molecular weight is 414 g/mol. The number of halogens is 3. The van der Waals surface area contributed by atoms with Crippen molar-refractivity contribution in [3.8, 4) is 0 Å². The molecule has 5 nitrogen and oxygen atoms in total. The molecule has 2 aromatic heterocycles. The van der Waals surface area contributed by atoms with E-state index in [2.05, 4.69) is 19.7 Å². The second-order valence-corrected chi connectivity index (χ2v) is 7.18. The Morgan fingerprint density at radius 3 is 2.69 bits per heavy atom. The third-order valence-corrected chi connectivity index (χ3v) is 5.17. The van der Waals surface area contributed by atoms with Gasteiger partial charge in [-0.2, -0.15) is 4.37 Å². The summed E-state index contributed by atoms with van der Waals surface area (Å²) in [5.74, 6) is -2.92. The number of rotatable bonds is 4. The molecule has 0 aliphatic carbocycles. The number of hydrogen-bond acceptors (Lipinski definition) is 5. The molecule has 4 rings (SSSR count). The number of anilines is 1. The maximum atomic E-state index is 13.4. The van der Waals surface area contributed by atoms with Crippen molar-refractivity contribution in [3.05, 3.63) is 81.9 Å². The number of fused-ring (bicyclic) bond motifs is 1. The summed E-state index contributed by atoms with van der Waals surface area (Å²) in [6.45, 7) is 1.69. The minimum Gasteiger partial charge on any atom is -0.322 e. The third kappa shape index (κ3) is 3.95. The summed E-state index contributed by atoms with van der Waals surface area (Å²) in [6, 6.07) is 7.27. The first kappa shape index (κ1) is 19.0. The predicted octanol–water partition coefficient (Wildman–Crippen LogP) is 4.66. The third-order valence-electron chi connectivity index (χ3n) is 4.23. The Hall–Kier alpha value is -3.33. The molecule has 2 heterocycles. The lowest BCUT2D eigenvalue weighted by Crippen LogP contribution is -2.15. The van der Waals surface area contributed by atoms with Crippen LogP contribution in [0.25, 0.3) is 11.0 Å². The first-order chi connectivity index (χ1) is 13.9. The van der Waals surface area contributed by atoms with Crippen molar-refractivity contribution in [2.45, 2.75) is 13.3 Å². The van der Waals surface area contributed by atoms with Crippen LogP contribution in [0.1, 0.15) is 26.6 Å². The van der Waals surface area contributed by atoms with E-state index in [1.807, 2.05) is 0 Å². The van der Waals surface area contributed by atoms with Gasteiger partial charge in [-0.05, 0) is 42.7 Å². The second kappa shape index (κ2) is 7.59. The van der Waals surface area contributed by atoms with Crippen molar-refractivity contribution in [1.82, 2.24) is 14.3 Å². The molecular weight excluding hydrogens is 401 g/mol. The average Bonchev–Trinajstić information content (AvgIpc) is 3.05. The standard InChI is InChI=1S/C20H13F3N4OS/c1-10-19(20(28)26-12-3-4-14(22)15(23)7-12)18(29-27-10)8-13-9-24-17-6-11(21)2-5-16(17)25-13/h2-7,9H,8H2,1H3,(H,26,28). The number of nitrogens with zero attached hydrogens (tertiary/aromatic N) is 3. The molecule has 0 saturated carbocycles. The van der Waals surface area contributed by atoms with E-state index in [-0.39, 0.29) is 5.69 Å². The van der Waals surface area contributed by atoms with E-state index in [0.29, 0.717) is 39.3 Å². The van der Waals surface area contributed by atoms with Crippen LogP contribution in [0.4, 0.5) is 18.9 Å². The largest absolute Gasteiger partial charge is 0.322 e. The van der Waals surface area contributed by atoms with Crippen LogP contribution in [0.2, 0.25) is 0 Å². The molecule has 146 valence electrons. The normalized spacial score (nSPS) is 11.0. The summed E-state index contributed by atoms with van der Waals surface area (Å²) in [5, 5.41) is 2.56. The van der Waals surface area contributed by atoms with Crippen LogP contribution < -0.4 is 5.32 Å². The van der Waals surface area contributed by atoms with E-state index < -0.39 is 23.4 Å². The Morgan fingerprint density at radius 2 is 1.90 bits per heavy atom. The molecular formula is C20H13F3N4OS. The zero-order valence-electron chi connectivity index (χ0n) is 15.0. The number of nitrogens with one attached hydrogen (secondary N) is 1. The molecule has 9 heteroatoms. The minimum absolute atomic E-state index is 0.137. The molecule has 0 atom stereocenters. The molecule has 29 heavy (non-hydrogen) atoms. The van der Waals surface area contributed by atoms with Crippen LogP contribution in [-0.2, 0) is 6.42 Å². The highest BCUT2D eigenvalue weighted by atomic mass is 32.1. The number of amides is 1. The number of carbonyl (C=O) groups is 1. The SMILES string of the molecule is Cc1nsc(Cc2cnc3cc(F)ccc3n2)c1C(=O)Nc1ccc(F)c(F)c1. The minimum atomic E-state index is -1.05. The summed E-state index contributed by atoms with van der Waals surface area (Å²) in [6.07, 6.45) is 1.82. The van der Waals surface area contributed by atoms with Crippen molar-refractivity contribution in [3.63, 3.8) is 0 Å². The Bertz CT molecular complexity index is 1240. The van der Waals surface area contributed by atoms with Gasteiger partial charge in [0.15, 0.2) is 11.6 Å². The predicted molar refractivity (Wildman–Crippen MR) is 103 cm³/mol. The van der Waals surface area contributed by atoms with Gasteiger partial charge in [0.25, 0.3) is 5.91 Å². The van der Waals surface area contributed by atoms with Gasteiger partial charge in [-0.1, -0.05) is 0 Å². The fourth-order valence-corrected chi connectivity index (χ4v) is 3.75. The van der Waals surface area contributed by atoms with Gasteiger partial charge in [0.1, 0.15) is 5.82 Å². The van der Waals surface area contributed by atoms with Crippen LogP contribution in [0.3, 0.4) is 0 Å². The lowest BCUT2D eigenvalue weighted by atomic mass is 10.1. The van der Waals surface area contributed by atoms with Gasteiger partial charge >= 0.3 is 0 Å². The lowest BCUT2D eigenvalue weighted by molar-refractivity contribution is 0.102. The zero-order valence-corrected chi connectivity index (χ0v) is 15.9. The van der Waals surface area contributed by atoms with Crippen LogP contribution in [-0.4, -0.2) is 20.2 Å². The van der Waals surface area contributed by atoms with Crippen molar-refractivity contribution in [2.24, 2.45) is 0 Å². The summed E-state index contributed by atoms with van der Waals surface area (Å²) < 4.78 is 44.0. The number of benzene rings is 2. The van der Waals surface area contributed by atoms with Gasteiger partial charge in [0.05, 0.1) is 28.0 Å². The van der Waals surface area contributed by atoms with Gasteiger partial charge in [0, 0.05) is 35.3 Å². The molecule has 0 fully saturated rings. The monoisotopic (exact) mass is 414 g/mol. The van der Waals surface area contributed by atoms with Gasteiger partial charge in [-0.15, -0.1) is 0 Å². The highest BCUT2D eigenvalue weighted by molar-refractivity contribution is 7.06. The molecule has 0 aliphatic rings. The molecule has 0 radical (unpaired) electrons. The van der Waals surface area contributed by atoms with Crippen LogP contribution in [0.15, 0.2) is 42.6 Å². The molecule has 1 N–H and O–H groups in total. The summed E-state index contributed by atoms with van der Waals surface area (Å²) >= 11 is 1.15. The van der Waals surface area contributed by atoms with Crippen LogP contribution >= 0.6 is 11.5 Å². The quantitative estimate of drug-likeness (QED) is 0.528. The maximum absolute atomic E-state index is 13.4. The van der Waals surface area contributed by atoms with E-state index in [9.17, 15) is 18.0 Å². The fourth-order valence-electron chi connectivity index (χ4n) is 2.87. The van der Waals surface area contributed by atoms with Gasteiger partial charge in [-0.3, -0.25) is 9.78 Å². The second-order valence-electron chi connectivity index (χ2n) is 6.32. The van der Waals surface area contributed by atoms with Gasteiger partial charge in [-0.25, -0.2) is 18.2 Å². The van der Waals surface area contributed by atoms with E-state index in [0.717, 1.165) is 23.7 Å². The molecule has 4 aromatic rings. The Balaban J connectivity index is 1.60. The van der Waals surface area contributed by atoms with Gasteiger partial charge < -0.3 is 5.32 Å². The highest BCUT2D eigenvalue weighted by Crippen LogP contribution is 2.24. The Labute approximate surface area is 167 Å². The fraction of sp³-hybridized carbons (Fsp3) is 0.100. The molecule has 0 unspecified atom stereocenters. The number of hydrogen-bond donors (Lipinski definition) is 1. The van der Waals surface area contributed by atoms with E-state index in [1.54, 1.807) is 6.92 Å². The molecule has 0 saturated heterocycles. The summed E-state index contributed by atoms with van der Waals surface area (Å²) in [7, 11) is 0. The molecule has 0 bridgehead atoms. The van der Waals surface area contributed by atoms with E-state index in [4.69, 9.17) is 0 Å². The molecule has 2 aromatic carbocycles. The van der Waals surface area contributed by atoms with Crippen LogP contribution in [0, 0.1) is 24.4 Å². The van der Waals surface area contributed by atoms with Crippen molar-refractivity contribution < 1.29 is 18.0 Å². The number of carbonyl (C=O) groups excluding carboxylic acids is 1. The van der Waals surface area contributed by atoms with E-state index >= 15 is 0 Å². The van der Waals surface area contributed by atoms with Gasteiger partial charge in [0.2, 0.25) is 0 Å². The van der Waals surface area contributed by atoms with Crippen molar-refractivity contribution in [1.29, 1.82) is 0 Å². The molecule has 0 aliphatic heterocycles. The van der Waals surface area contributed by atoms with Crippen LogP contribution in [0.5, 0.6) is 0 Å². The number of aryl methyl sites for hydroxylation is 1. The summed E-state index contributed by atoms with van der Waals surface area (Å²) in [5.41, 5.74) is 2.57. The lowest BCUT2D eigenvalue weighted by Gasteiger charge is -2.07. The molecule has 1 amide bonds. The summed E-state index contributed by atoms with van der Waals surface area (Å²) in [4.78, 5) is 22.0. The zero-order chi connectivity index (χ0) is 20.5. The van der Waals surface area contributed by atoms with E-state index in [1.165, 1.54) is 30.5 Å². The topological polar surface area (TPSA) is 67.8 Å². The smallest absolute Gasteiger partial charge is 0.258 e. The highest BCUT2D eigenvalue weighted by Gasteiger charge is 2.20. The van der Waals surface area contributed by atoms with Crippen molar-refractivity contribution in [2.75, 3.05) is 5.32 Å². The molecule has 0 spiro atoms. The maximum Gasteiger partial charge on any atom is 0.258 e.